The second-order valence-corrected chi connectivity index (χ2v) is 1.08. The second-order valence-electron chi connectivity index (χ2n) is 1.08. The van der Waals surface area contributed by atoms with Gasteiger partial charge in [-0.25, -0.2) is 0 Å². The molecule has 0 radical (unpaired) electrons. The molecule has 0 aromatic heterocycles. The van der Waals surface area contributed by atoms with Gasteiger partial charge in [0.05, 0.1) is 0 Å². The average Bonchev–Trinajstić information content (AvgIpc) is 2.14. The van der Waals surface area contributed by atoms with Gasteiger partial charge < -0.3 is 0 Å². The van der Waals surface area contributed by atoms with E-state index >= 15 is 0 Å². The van der Waals surface area contributed by atoms with Gasteiger partial charge in [0.1, 0.15) is 0 Å². The van der Waals surface area contributed by atoms with Gasteiger partial charge in [0.2, 0.25) is 0 Å². The minimum absolute atomic E-state index is 0. The fraction of sp³-hybridized carbons (Fsp3) is 0. The topological polar surface area (TPSA) is 0 Å². The van der Waals surface area contributed by atoms with Crippen molar-refractivity contribution in [1.82, 2.24) is 0 Å². The molecule has 0 aliphatic rings. The summed E-state index contributed by atoms with van der Waals surface area (Å²) in [5, 5.41) is 0. The van der Waals surface area contributed by atoms with Gasteiger partial charge in [-0.2, -0.15) is 36.4 Å². The van der Waals surface area contributed by atoms with Crippen LogP contribution in [0.5, 0.6) is 0 Å². The molecule has 0 atom stereocenters. The van der Waals surface area contributed by atoms with Crippen LogP contribution >= 0.6 is 0 Å². The van der Waals surface area contributed by atoms with Crippen LogP contribution in [0.3, 0.4) is 0 Å². The van der Waals surface area contributed by atoms with Crippen LogP contribution in [0, 0.1) is 31.8 Å². The Hall–Kier alpha value is -1.06. The van der Waals surface area contributed by atoms with Crippen molar-refractivity contribution < 1.29 is 18.9 Å². The predicted molar refractivity (Wildman–Crippen MR) is 45.1 cm³/mol. The molecule has 0 bridgehead atoms. The summed E-state index contributed by atoms with van der Waals surface area (Å²) in [6.45, 7) is 0. The van der Waals surface area contributed by atoms with E-state index in [1.54, 1.807) is 0 Å². The van der Waals surface area contributed by atoms with E-state index in [1.165, 1.54) is 0 Å². The zero-order valence-corrected chi connectivity index (χ0v) is 6.70. The maximum absolute atomic E-state index is 4.00. The van der Waals surface area contributed by atoms with Gasteiger partial charge in [-0.1, -0.05) is 0 Å². The third-order valence-electron chi connectivity index (χ3n) is 0.607. The van der Waals surface area contributed by atoms with Gasteiger partial charge in [-0.15, -0.1) is 25.7 Å². The first-order valence-electron chi connectivity index (χ1n) is 2.58. The van der Waals surface area contributed by atoms with E-state index in [9.17, 15) is 0 Å². The molecule has 0 aliphatic carbocycles. The standard InChI is InChI=1S/C6H5.2C2H2.Li/c1-2-4-6-5-3-1;2*1-2;/h1-5H;2*1-2H;/q-1;;;+1. The van der Waals surface area contributed by atoms with Crippen LogP contribution in [0.15, 0.2) is 30.3 Å². The molecule has 1 aromatic carbocycles. The Morgan fingerprint density at radius 1 is 0.727 bits per heavy atom. The maximum atomic E-state index is 4.00. The van der Waals surface area contributed by atoms with Crippen LogP contribution in [0.4, 0.5) is 0 Å². The second kappa shape index (κ2) is 23.1. The minimum atomic E-state index is 0. The maximum Gasteiger partial charge on any atom is 1.00 e. The van der Waals surface area contributed by atoms with Gasteiger partial charge in [-0.3, -0.25) is 0 Å². The van der Waals surface area contributed by atoms with Crippen molar-refractivity contribution in [3.05, 3.63) is 36.4 Å². The molecular weight excluding hydrogens is 127 g/mol. The van der Waals surface area contributed by atoms with Gasteiger partial charge >= 0.3 is 18.9 Å². The monoisotopic (exact) mass is 136 g/mol. The molecule has 1 rings (SSSR count). The van der Waals surface area contributed by atoms with Crippen molar-refractivity contribution in [3.63, 3.8) is 0 Å². The first-order chi connectivity index (χ1) is 5.00. The smallest absolute Gasteiger partial charge is 0.184 e. The zero-order chi connectivity index (χ0) is 8.24. The van der Waals surface area contributed by atoms with Gasteiger partial charge in [-0.05, 0) is 0 Å². The Balaban J connectivity index is -0.000000114. The van der Waals surface area contributed by atoms with Crippen molar-refractivity contribution in [2.24, 2.45) is 0 Å². The average molecular weight is 136 g/mol. The molecule has 0 spiro atoms. The molecule has 1 aromatic rings. The molecule has 11 heavy (non-hydrogen) atoms. The molecule has 0 nitrogen and oxygen atoms in total. The van der Waals surface area contributed by atoms with Crippen LogP contribution in [0.25, 0.3) is 0 Å². The first kappa shape index (κ1) is 16.5. The van der Waals surface area contributed by atoms with E-state index in [0.29, 0.717) is 0 Å². The summed E-state index contributed by atoms with van der Waals surface area (Å²) in [7, 11) is 0. The number of hydrogen-bond donors (Lipinski definition) is 0. The Morgan fingerprint density at radius 2 is 1.09 bits per heavy atom. The first-order valence-corrected chi connectivity index (χ1v) is 2.58. The molecule has 1 heteroatoms. The van der Waals surface area contributed by atoms with E-state index < -0.39 is 0 Å². The fourth-order valence-corrected chi connectivity index (χ4v) is 0.342. The van der Waals surface area contributed by atoms with E-state index in [4.69, 9.17) is 0 Å². The third-order valence-corrected chi connectivity index (χ3v) is 0.607. The largest absolute Gasteiger partial charge is 1.00 e. The molecular formula is C10H9Li. The summed E-state index contributed by atoms with van der Waals surface area (Å²) in [6, 6.07) is 12.5. The molecule has 0 heterocycles. The van der Waals surface area contributed by atoms with Crippen molar-refractivity contribution in [1.29, 1.82) is 0 Å². The molecule has 0 unspecified atom stereocenters. The van der Waals surface area contributed by atoms with Crippen molar-refractivity contribution in [3.8, 4) is 25.7 Å². The Labute approximate surface area is 81.2 Å². The van der Waals surface area contributed by atoms with Crippen molar-refractivity contribution in [2.75, 3.05) is 0 Å². The quantitative estimate of drug-likeness (QED) is 0.243. The molecule has 0 N–H and O–H groups in total. The Kier molecular flexibility index (Phi) is 34.6. The third kappa shape index (κ3) is 17.6. The molecule has 0 saturated heterocycles. The van der Waals surface area contributed by atoms with E-state index in [2.05, 4.69) is 31.8 Å². The summed E-state index contributed by atoms with van der Waals surface area (Å²) in [6.07, 6.45) is 16.0. The van der Waals surface area contributed by atoms with Crippen LogP contribution in [0.1, 0.15) is 0 Å². The summed E-state index contributed by atoms with van der Waals surface area (Å²) < 4.78 is 0. The van der Waals surface area contributed by atoms with Crippen LogP contribution < -0.4 is 18.9 Å². The zero-order valence-electron chi connectivity index (χ0n) is 6.70. The molecule has 50 valence electrons. The normalized spacial score (nSPS) is 4.73. The number of terminal acetylenes is 2. The summed E-state index contributed by atoms with van der Waals surface area (Å²) >= 11 is 0. The van der Waals surface area contributed by atoms with Crippen LogP contribution in [0.2, 0.25) is 0 Å². The SMILES string of the molecule is C#C.C#C.[Li+].[c-]1ccccc1. The predicted octanol–water partition coefficient (Wildman–Crippen LogP) is -1.01. The van der Waals surface area contributed by atoms with E-state index in [-0.39, 0.29) is 18.9 Å². The van der Waals surface area contributed by atoms with Gasteiger partial charge in [0.25, 0.3) is 0 Å². The van der Waals surface area contributed by atoms with Gasteiger partial charge in [0.15, 0.2) is 0 Å². The number of benzene rings is 1. The summed E-state index contributed by atoms with van der Waals surface area (Å²) in [4.78, 5) is 0. The van der Waals surface area contributed by atoms with Crippen LogP contribution in [-0.4, -0.2) is 0 Å². The summed E-state index contributed by atoms with van der Waals surface area (Å²) in [5.74, 6) is 0. The fourth-order valence-electron chi connectivity index (χ4n) is 0.342. The Bertz CT molecular complexity index is 129. The molecule has 0 saturated carbocycles. The van der Waals surface area contributed by atoms with Crippen LogP contribution in [-0.2, 0) is 0 Å². The minimum Gasteiger partial charge on any atom is -0.184 e. The molecule has 0 fully saturated rings. The van der Waals surface area contributed by atoms with Gasteiger partial charge in [0, 0.05) is 0 Å². The van der Waals surface area contributed by atoms with Crippen molar-refractivity contribution >= 4 is 0 Å². The Morgan fingerprint density at radius 3 is 1.18 bits per heavy atom. The van der Waals surface area contributed by atoms with Crippen molar-refractivity contribution in [2.45, 2.75) is 0 Å². The molecule has 0 amide bonds. The number of rotatable bonds is 0. The van der Waals surface area contributed by atoms with E-state index in [1.807, 2.05) is 30.3 Å². The summed E-state index contributed by atoms with van der Waals surface area (Å²) in [5.41, 5.74) is 0. The number of hydrogen-bond acceptors (Lipinski definition) is 0. The van der Waals surface area contributed by atoms with E-state index in [0.717, 1.165) is 0 Å². The molecule has 0 aliphatic heterocycles.